The largest absolute Gasteiger partial charge is 0.490 e. The van der Waals surface area contributed by atoms with Crippen molar-refractivity contribution in [3.63, 3.8) is 0 Å². The maximum absolute atomic E-state index is 12.7. The van der Waals surface area contributed by atoms with Crippen LogP contribution in [-0.4, -0.2) is 49.9 Å². The Kier molecular flexibility index (Phi) is 10.7. The second-order valence-corrected chi connectivity index (χ2v) is 8.03. The summed E-state index contributed by atoms with van der Waals surface area (Å²) in [6.45, 7) is 9.59. The molecule has 2 rings (SSSR count). The number of ether oxygens (including phenoxy) is 3. The number of esters is 1. The van der Waals surface area contributed by atoms with E-state index in [1.165, 1.54) is 6.21 Å². The highest BCUT2D eigenvalue weighted by Gasteiger charge is 2.24. The zero-order chi connectivity index (χ0) is 25.8. The van der Waals surface area contributed by atoms with Gasteiger partial charge < -0.3 is 19.5 Å². The molecule has 0 fully saturated rings. The molecule has 0 radical (unpaired) electrons. The van der Waals surface area contributed by atoms with Gasteiger partial charge in [0.1, 0.15) is 6.04 Å². The topological polar surface area (TPSA) is 115 Å². The molecular weight excluding hydrogens is 450 g/mol. The van der Waals surface area contributed by atoms with E-state index in [2.05, 4.69) is 15.8 Å². The summed E-state index contributed by atoms with van der Waals surface area (Å²) in [5.74, 6) is -0.576. The van der Waals surface area contributed by atoms with E-state index in [9.17, 15) is 14.4 Å². The monoisotopic (exact) mass is 483 g/mol. The lowest BCUT2D eigenvalue weighted by Crippen LogP contribution is -2.48. The first-order chi connectivity index (χ1) is 16.7. The first-order valence-electron chi connectivity index (χ1n) is 11.5. The Hall–Kier alpha value is -3.88. The molecular formula is C26H33N3O6. The molecule has 9 nitrogen and oxygen atoms in total. The van der Waals surface area contributed by atoms with Gasteiger partial charge in [-0.25, -0.2) is 10.2 Å². The van der Waals surface area contributed by atoms with Crippen molar-refractivity contribution in [2.75, 3.05) is 19.8 Å². The van der Waals surface area contributed by atoms with Crippen molar-refractivity contribution in [1.82, 2.24) is 10.7 Å². The minimum absolute atomic E-state index is 0.153. The lowest BCUT2D eigenvalue weighted by Gasteiger charge is -2.20. The number of rotatable bonds is 12. The quantitative estimate of drug-likeness (QED) is 0.272. The van der Waals surface area contributed by atoms with Crippen LogP contribution in [0.15, 0.2) is 47.6 Å². The van der Waals surface area contributed by atoms with Crippen molar-refractivity contribution in [2.45, 2.75) is 40.7 Å². The van der Waals surface area contributed by atoms with Gasteiger partial charge in [-0.2, -0.15) is 5.10 Å². The number of hydrogen-bond acceptors (Lipinski definition) is 7. The minimum atomic E-state index is -0.765. The Morgan fingerprint density at radius 1 is 0.971 bits per heavy atom. The van der Waals surface area contributed by atoms with Crippen LogP contribution in [-0.2, 0) is 14.3 Å². The first kappa shape index (κ1) is 27.4. The minimum Gasteiger partial charge on any atom is -0.490 e. The lowest BCUT2D eigenvalue weighted by molar-refractivity contribution is -0.145. The molecule has 0 aromatic heterocycles. The number of hydrazone groups is 1. The molecule has 1 atom stereocenters. The molecule has 35 heavy (non-hydrogen) atoms. The molecule has 0 spiro atoms. The Labute approximate surface area is 205 Å². The van der Waals surface area contributed by atoms with Gasteiger partial charge in [0.15, 0.2) is 18.1 Å². The van der Waals surface area contributed by atoms with E-state index in [4.69, 9.17) is 14.2 Å². The second-order valence-electron chi connectivity index (χ2n) is 8.03. The summed E-state index contributed by atoms with van der Waals surface area (Å²) in [4.78, 5) is 36.8. The zero-order valence-electron chi connectivity index (χ0n) is 20.8. The fourth-order valence-electron chi connectivity index (χ4n) is 3.04. The fourth-order valence-corrected chi connectivity index (χ4v) is 3.04. The summed E-state index contributed by atoms with van der Waals surface area (Å²) in [5.41, 5.74) is 4.64. The number of aryl methyl sites for hydroxylation is 1. The van der Waals surface area contributed by atoms with Gasteiger partial charge >= 0.3 is 5.97 Å². The Bertz CT molecular complexity index is 1030. The number of nitrogens with one attached hydrogen (secondary N) is 2. The van der Waals surface area contributed by atoms with Crippen LogP contribution in [0.1, 0.15) is 49.2 Å². The summed E-state index contributed by atoms with van der Waals surface area (Å²) < 4.78 is 15.9. The summed E-state index contributed by atoms with van der Waals surface area (Å²) in [5, 5.41) is 6.79. The van der Waals surface area contributed by atoms with Crippen LogP contribution < -0.4 is 20.2 Å². The second kappa shape index (κ2) is 13.7. The van der Waals surface area contributed by atoms with Crippen LogP contribution >= 0.6 is 0 Å². The summed E-state index contributed by atoms with van der Waals surface area (Å²) in [7, 11) is 0. The molecule has 0 saturated heterocycles. The molecule has 2 aromatic rings. The molecule has 1 unspecified atom stereocenters. The van der Waals surface area contributed by atoms with Gasteiger partial charge in [0, 0.05) is 5.56 Å². The van der Waals surface area contributed by atoms with E-state index in [1.807, 2.05) is 39.8 Å². The molecule has 0 aliphatic rings. The third kappa shape index (κ3) is 8.77. The maximum atomic E-state index is 12.7. The zero-order valence-corrected chi connectivity index (χ0v) is 20.8. The van der Waals surface area contributed by atoms with E-state index in [1.54, 1.807) is 37.3 Å². The van der Waals surface area contributed by atoms with Crippen LogP contribution in [0.2, 0.25) is 0 Å². The first-order valence-corrected chi connectivity index (χ1v) is 11.5. The van der Waals surface area contributed by atoms with Gasteiger partial charge in [-0.3, -0.25) is 9.59 Å². The molecule has 0 saturated carbocycles. The molecule has 2 amide bonds. The van der Waals surface area contributed by atoms with Crippen LogP contribution in [0, 0.1) is 12.8 Å². The predicted molar refractivity (Wildman–Crippen MR) is 133 cm³/mol. The molecule has 0 aliphatic carbocycles. The van der Waals surface area contributed by atoms with Crippen molar-refractivity contribution < 1.29 is 28.6 Å². The third-order valence-corrected chi connectivity index (χ3v) is 4.86. The van der Waals surface area contributed by atoms with Crippen LogP contribution in [0.4, 0.5) is 0 Å². The van der Waals surface area contributed by atoms with Gasteiger partial charge in [-0.1, -0.05) is 31.5 Å². The maximum Gasteiger partial charge on any atom is 0.344 e. The summed E-state index contributed by atoms with van der Waals surface area (Å²) >= 11 is 0. The van der Waals surface area contributed by atoms with Crippen LogP contribution in [0.3, 0.4) is 0 Å². The summed E-state index contributed by atoms with van der Waals surface area (Å²) in [6, 6.07) is 11.4. The van der Waals surface area contributed by atoms with Gasteiger partial charge in [-0.05, 0) is 62.6 Å². The van der Waals surface area contributed by atoms with Crippen LogP contribution in [0.25, 0.3) is 0 Å². The molecule has 188 valence electrons. The number of hydrogen-bond donors (Lipinski definition) is 2. The SMILES string of the molecule is CCOC(=O)COc1ccc(/C=N\NC(=O)C(NC(=O)c2ccc(C)cc2)C(C)C)cc1OCC. The van der Waals surface area contributed by atoms with E-state index in [0.717, 1.165) is 5.56 Å². The molecule has 0 heterocycles. The molecule has 0 bridgehead atoms. The Morgan fingerprint density at radius 2 is 1.69 bits per heavy atom. The fraction of sp³-hybridized carbons (Fsp3) is 0.385. The normalized spacial score (nSPS) is 11.7. The van der Waals surface area contributed by atoms with Gasteiger partial charge in [0.2, 0.25) is 0 Å². The van der Waals surface area contributed by atoms with Gasteiger partial charge in [0.25, 0.3) is 11.8 Å². The third-order valence-electron chi connectivity index (χ3n) is 4.86. The molecule has 0 aliphatic heterocycles. The van der Waals surface area contributed by atoms with E-state index >= 15 is 0 Å². The summed E-state index contributed by atoms with van der Waals surface area (Å²) in [6.07, 6.45) is 1.45. The highest BCUT2D eigenvalue weighted by atomic mass is 16.6. The van der Waals surface area contributed by atoms with E-state index in [-0.39, 0.29) is 25.0 Å². The standard InChI is InChI=1S/C26H33N3O6/c1-6-33-22-14-19(10-13-21(22)35-16-23(30)34-7-2)15-27-29-26(32)24(17(3)4)28-25(31)20-11-8-18(5)9-12-20/h8-15,17,24H,6-7,16H2,1-5H3,(H,28,31)(H,29,32)/b27-15-. The molecule has 2 N–H and O–H groups in total. The highest BCUT2D eigenvalue weighted by molar-refractivity contribution is 5.97. The van der Waals surface area contributed by atoms with Crippen molar-refractivity contribution >= 4 is 24.0 Å². The van der Waals surface area contributed by atoms with E-state index < -0.39 is 17.9 Å². The average Bonchev–Trinajstić information content (AvgIpc) is 2.82. The Balaban J connectivity index is 2.03. The van der Waals surface area contributed by atoms with Crippen molar-refractivity contribution in [3.8, 4) is 11.5 Å². The van der Waals surface area contributed by atoms with Gasteiger partial charge in [0.05, 0.1) is 19.4 Å². The van der Waals surface area contributed by atoms with Crippen molar-refractivity contribution in [3.05, 3.63) is 59.2 Å². The number of benzene rings is 2. The lowest BCUT2D eigenvalue weighted by atomic mass is 10.0. The van der Waals surface area contributed by atoms with E-state index in [0.29, 0.717) is 29.2 Å². The molecule has 9 heteroatoms. The highest BCUT2D eigenvalue weighted by Crippen LogP contribution is 2.28. The molecule has 2 aromatic carbocycles. The average molecular weight is 484 g/mol. The Morgan fingerprint density at radius 3 is 2.31 bits per heavy atom. The number of carbonyl (C=O) groups is 3. The predicted octanol–water partition coefficient (Wildman–Crippen LogP) is 3.24. The number of amides is 2. The van der Waals surface area contributed by atoms with Gasteiger partial charge in [-0.15, -0.1) is 0 Å². The smallest absolute Gasteiger partial charge is 0.344 e. The number of carbonyl (C=O) groups excluding carboxylic acids is 3. The number of nitrogens with zero attached hydrogens (tertiary/aromatic N) is 1. The van der Waals surface area contributed by atoms with Crippen molar-refractivity contribution in [1.29, 1.82) is 0 Å². The van der Waals surface area contributed by atoms with Crippen LogP contribution in [0.5, 0.6) is 11.5 Å². The van der Waals surface area contributed by atoms with Crippen molar-refractivity contribution in [2.24, 2.45) is 11.0 Å².